The number of hydrogen-bond acceptors (Lipinski definition) is 2. The molecule has 0 aliphatic heterocycles. The van der Waals surface area contributed by atoms with Crippen molar-refractivity contribution < 1.29 is 22.2 Å². The summed E-state index contributed by atoms with van der Waals surface area (Å²) >= 11 is 0. The van der Waals surface area contributed by atoms with Gasteiger partial charge in [-0.05, 0) is 37.5 Å². The first-order chi connectivity index (χ1) is 9.60. The third kappa shape index (κ3) is 5.87. The van der Waals surface area contributed by atoms with E-state index < -0.39 is 34.7 Å². The second-order valence-electron chi connectivity index (χ2n) is 4.92. The van der Waals surface area contributed by atoms with Crippen LogP contribution in [0.2, 0.25) is 0 Å². The molecular weight excluding hydrogens is 303 g/mol. The Balaban J connectivity index is 2.61. The van der Waals surface area contributed by atoms with Crippen LogP contribution in [0.5, 0.6) is 0 Å². The molecule has 7 heteroatoms. The SMILES string of the molecule is Cc1ccc(C[S@](=O)[C@H](C)C(=O)NCC(F)(F)F)cc1C. The third-order valence-corrected chi connectivity index (χ3v) is 4.73. The highest BCUT2D eigenvalue weighted by Gasteiger charge is 2.29. The molecule has 1 amide bonds. The van der Waals surface area contributed by atoms with Gasteiger partial charge in [0.1, 0.15) is 11.8 Å². The van der Waals surface area contributed by atoms with Gasteiger partial charge in [0, 0.05) is 16.6 Å². The normalized spacial score (nSPS) is 14.6. The maximum Gasteiger partial charge on any atom is 0.405 e. The van der Waals surface area contributed by atoms with Crippen molar-refractivity contribution in [3.05, 3.63) is 34.9 Å². The zero-order chi connectivity index (χ0) is 16.2. The van der Waals surface area contributed by atoms with E-state index in [2.05, 4.69) is 0 Å². The molecular formula is C14H18F3NO2S. The molecule has 0 unspecified atom stereocenters. The van der Waals surface area contributed by atoms with Crippen molar-refractivity contribution in [2.24, 2.45) is 0 Å². The molecule has 0 radical (unpaired) electrons. The van der Waals surface area contributed by atoms with Gasteiger partial charge in [0.15, 0.2) is 0 Å². The van der Waals surface area contributed by atoms with E-state index in [9.17, 15) is 22.2 Å². The predicted molar refractivity (Wildman–Crippen MR) is 76.3 cm³/mol. The fourth-order valence-corrected chi connectivity index (χ4v) is 2.71. The van der Waals surface area contributed by atoms with Crippen LogP contribution < -0.4 is 5.32 Å². The van der Waals surface area contributed by atoms with Crippen LogP contribution in [0.25, 0.3) is 0 Å². The first-order valence-corrected chi connectivity index (χ1v) is 7.76. The highest BCUT2D eigenvalue weighted by Crippen LogP contribution is 2.14. The van der Waals surface area contributed by atoms with Crippen molar-refractivity contribution in [1.82, 2.24) is 5.32 Å². The van der Waals surface area contributed by atoms with Crippen LogP contribution in [0.4, 0.5) is 13.2 Å². The number of halogens is 3. The predicted octanol–water partition coefficient (Wildman–Crippen LogP) is 2.62. The fourth-order valence-electron chi connectivity index (χ4n) is 1.63. The van der Waals surface area contributed by atoms with Crippen LogP contribution in [0, 0.1) is 13.8 Å². The minimum atomic E-state index is -4.47. The molecule has 118 valence electrons. The molecule has 21 heavy (non-hydrogen) atoms. The summed E-state index contributed by atoms with van der Waals surface area (Å²) in [6.45, 7) is 3.82. The zero-order valence-electron chi connectivity index (χ0n) is 12.1. The van der Waals surface area contributed by atoms with Crippen molar-refractivity contribution >= 4 is 16.7 Å². The molecule has 0 aliphatic rings. The molecule has 0 bridgehead atoms. The van der Waals surface area contributed by atoms with Gasteiger partial charge in [0.25, 0.3) is 0 Å². The maximum atomic E-state index is 12.0. The lowest BCUT2D eigenvalue weighted by Crippen LogP contribution is -2.40. The van der Waals surface area contributed by atoms with Gasteiger partial charge in [-0.25, -0.2) is 0 Å². The average Bonchev–Trinajstić information content (AvgIpc) is 2.38. The van der Waals surface area contributed by atoms with Gasteiger partial charge in [-0.2, -0.15) is 13.2 Å². The van der Waals surface area contributed by atoms with Crippen molar-refractivity contribution in [2.75, 3.05) is 6.54 Å². The molecule has 0 saturated heterocycles. The number of carbonyl (C=O) groups is 1. The van der Waals surface area contributed by atoms with Crippen molar-refractivity contribution in [3.8, 4) is 0 Å². The quantitative estimate of drug-likeness (QED) is 0.906. The van der Waals surface area contributed by atoms with E-state index in [0.717, 1.165) is 16.7 Å². The Morgan fingerprint density at radius 3 is 2.43 bits per heavy atom. The summed E-state index contributed by atoms with van der Waals surface area (Å²) in [4.78, 5) is 11.5. The summed E-state index contributed by atoms with van der Waals surface area (Å²) in [7, 11) is -1.57. The topological polar surface area (TPSA) is 46.2 Å². The molecule has 2 atom stereocenters. The monoisotopic (exact) mass is 321 g/mol. The maximum absolute atomic E-state index is 12.0. The Kier molecular flexibility index (Phi) is 5.95. The second kappa shape index (κ2) is 7.06. The van der Waals surface area contributed by atoms with Crippen molar-refractivity contribution in [3.63, 3.8) is 0 Å². The molecule has 1 rings (SSSR count). The second-order valence-corrected chi connectivity index (χ2v) is 6.68. The van der Waals surface area contributed by atoms with E-state index in [0.29, 0.717) is 0 Å². The average molecular weight is 321 g/mol. The van der Waals surface area contributed by atoms with Gasteiger partial charge in [0.2, 0.25) is 5.91 Å². The summed E-state index contributed by atoms with van der Waals surface area (Å²) in [6.07, 6.45) is -4.47. The van der Waals surface area contributed by atoms with Crippen LogP contribution in [-0.4, -0.2) is 28.1 Å². The minimum absolute atomic E-state index is 0.141. The number of amides is 1. The van der Waals surface area contributed by atoms with Gasteiger partial charge < -0.3 is 5.32 Å². The Labute approximate surface area is 124 Å². The largest absolute Gasteiger partial charge is 0.405 e. The number of aryl methyl sites for hydroxylation is 2. The number of nitrogens with one attached hydrogen (secondary N) is 1. The smallest absolute Gasteiger partial charge is 0.346 e. The molecule has 0 fully saturated rings. The van der Waals surface area contributed by atoms with Crippen LogP contribution in [-0.2, 0) is 21.3 Å². The highest BCUT2D eigenvalue weighted by atomic mass is 32.2. The lowest BCUT2D eigenvalue weighted by molar-refractivity contribution is -0.137. The van der Waals surface area contributed by atoms with Gasteiger partial charge in [-0.15, -0.1) is 0 Å². The lowest BCUT2D eigenvalue weighted by atomic mass is 10.1. The van der Waals surface area contributed by atoms with E-state index in [1.54, 1.807) is 11.4 Å². The van der Waals surface area contributed by atoms with E-state index >= 15 is 0 Å². The molecule has 0 spiro atoms. The standard InChI is InChI=1S/C14H18F3NO2S/c1-9-4-5-12(6-10(9)2)7-21(20)11(3)13(19)18-8-14(15,16)17/h4-6,11H,7-8H2,1-3H3,(H,18,19)/t11-,21+/m1/s1. The summed E-state index contributed by atoms with van der Waals surface area (Å²) in [6, 6.07) is 5.56. The van der Waals surface area contributed by atoms with Crippen LogP contribution in [0.15, 0.2) is 18.2 Å². The van der Waals surface area contributed by atoms with Crippen LogP contribution in [0.1, 0.15) is 23.6 Å². The van der Waals surface area contributed by atoms with Gasteiger partial charge in [-0.3, -0.25) is 9.00 Å². The number of alkyl halides is 3. The highest BCUT2D eigenvalue weighted by molar-refractivity contribution is 7.85. The van der Waals surface area contributed by atoms with Gasteiger partial charge in [0.05, 0.1) is 0 Å². The van der Waals surface area contributed by atoms with E-state index in [-0.39, 0.29) is 5.75 Å². The summed E-state index contributed by atoms with van der Waals surface area (Å²) in [5.74, 6) is -0.712. The zero-order valence-corrected chi connectivity index (χ0v) is 12.9. The molecule has 0 aliphatic carbocycles. The Bertz CT molecular complexity index is 544. The number of benzene rings is 1. The van der Waals surface area contributed by atoms with Crippen molar-refractivity contribution in [2.45, 2.75) is 38.0 Å². The number of hydrogen-bond donors (Lipinski definition) is 1. The van der Waals surface area contributed by atoms with Crippen LogP contribution >= 0.6 is 0 Å². The first-order valence-electron chi connectivity index (χ1n) is 6.38. The third-order valence-electron chi connectivity index (χ3n) is 3.11. The van der Waals surface area contributed by atoms with Gasteiger partial charge in [-0.1, -0.05) is 18.2 Å². The van der Waals surface area contributed by atoms with Crippen LogP contribution in [0.3, 0.4) is 0 Å². The first kappa shape index (κ1) is 17.7. The molecule has 0 aromatic heterocycles. The molecule has 0 saturated carbocycles. The summed E-state index contributed by atoms with van der Waals surface area (Å²) < 4.78 is 48.1. The van der Waals surface area contributed by atoms with E-state index in [4.69, 9.17) is 0 Å². The molecule has 0 heterocycles. The van der Waals surface area contributed by atoms with Crippen molar-refractivity contribution in [1.29, 1.82) is 0 Å². The fraction of sp³-hybridized carbons (Fsp3) is 0.500. The molecule has 1 N–H and O–H groups in total. The Morgan fingerprint density at radius 2 is 1.90 bits per heavy atom. The molecule has 1 aromatic rings. The van der Waals surface area contributed by atoms with Gasteiger partial charge >= 0.3 is 6.18 Å². The Morgan fingerprint density at radius 1 is 1.29 bits per heavy atom. The number of carbonyl (C=O) groups excluding carboxylic acids is 1. The lowest BCUT2D eigenvalue weighted by Gasteiger charge is -2.14. The Hall–Kier alpha value is -1.37. The minimum Gasteiger partial charge on any atom is -0.346 e. The number of rotatable bonds is 5. The summed E-state index contributed by atoms with van der Waals surface area (Å²) in [5, 5.41) is 0.761. The molecule has 3 nitrogen and oxygen atoms in total. The van der Waals surface area contributed by atoms with E-state index in [1.165, 1.54) is 6.92 Å². The molecule has 1 aromatic carbocycles. The van der Waals surface area contributed by atoms with E-state index in [1.807, 2.05) is 26.0 Å². The summed E-state index contributed by atoms with van der Waals surface area (Å²) in [5.41, 5.74) is 2.94.